The molecule has 0 atom stereocenters. The number of aliphatic imine (C=N–C) groups is 1. The van der Waals surface area contributed by atoms with Crippen molar-refractivity contribution >= 4 is 17.7 Å². The molecule has 0 aromatic heterocycles. The van der Waals surface area contributed by atoms with Crippen molar-refractivity contribution in [2.24, 2.45) is 4.99 Å². The lowest BCUT2D eigenvalue weighted by Gasteiger charge is -2.04. The van der Waals surface area contributed by atoms with Crippen molar-refractivity contribution in [1.29, 1.82) is 0 Å². The molecular formula is C13H13NO3. The van der Waals surface area contributed by atoms with Crippen LogP contribution in [0.15, 0.2) is 41.4 Å². The Morgan fingerprint density at radius 3 is 2.59 bits per heavy atom. The van der Waals surface area contributed by atoms with E-state index in [1.807, 2.05) is 12.1 Å². The summed E-state index contributed by atoms with van der Waals surface area (Å²) in [6, 6.07) is 7.07. The summed E-state index contributed by atoms with van der Waals surface area (Å²) in [7, 11) is 0. The predicted octanol–water partition coefficient (Wildman–Crippen LogP) is 2.32. The van der Waals surface area contributed by atoms with E-state index in [0.29, 0.717) is 24.3 Å². The maximum absolute atomic E-state index is 11.1. The van der Waals surface area contributed by atoms with Crippen molar-refractivity contribution in [3.8, 4) is 0 Å². The summed E-state index contributed by atoms with van der Waals surface area (Å²) >= 11 is 0. The number of benzene rings is 1. The fourth-order valence-electron chi connectivity index (χ4n) is 1.17. The van der Waals surface area contributed by atoms with E-state index in [9.17, 15) is 9.59 Å². The average molecular weight is 231 g/mol. The van der Waals surface area contributed by atoms with Crippen LogP contribution in [0.4, 0.5) is 5.69 Å². The van der Waals surface area contributed by atoms with Gasteiger partial charge in [-0.05, 0) is 24.6 Å². The molecule has 1 aromatic rings. The van der Waals surface area contributed by atoms with Crippen molar-refractivity contribution in [3.63, 3.8) is 0 Å². The average Bonchev–Trinajstić information content (AvgIpc) is 2.31. The third-order valence-electron chi connectivity index (χ3n) is 2.08. The van der Waals surface area contributed by atoms with Crippen LogP contribution in [-0.4, -0.2) is 18.7 Å². The quantitative estimate of drug-likeness (QED) is 0.338. The van der Waals surface area contributed by atoms with Crippen LogP contribution in [0.5, 0.6) is 0 Å². The number of rotatable bonds is 5. The first-order valence-electron chi connectivity index (χ1n) is 5.13. The number of ether oxygens (including phenoxy) is 1. The minimum absolute atomic E-state index is 0.308. The molecule has 1 aromatic carbocycles. The van der Waals surface area contributed by atoms with Crippen LogP contribution >= 0.6 is 0 Å². The summed E-state index contributed by atoms with van der Waals surface area (Å²) in [6.45, 7) is 5.40. The van der Waals surface area contributed by atoms with Gasteiger partial charge in [0.2, 0.25) is 6.08 Å². The summed E-state index contributed by atoms with van der Waals surface area (Å²) in [5, 5.41) is 0. The minimum Gasteiger partial charge on any atom is -0.462 e. The smallest absolute Gasteiger partial charge is 0.333 e. The van der Waals surface area contributed by atoms with E-state index in [-0.39, 0.29) is 5.97 Å². The van der Waals surface area contributed by atoms with Gasteiger partial charge in [-0.1, -0.05) is 18.7 Å². The van der Waals surface area contributed by atoms with Gasteiger partial charge in [0.1, 0.15) is 0 Å². The van der Waals surface area contributed by atoms with Gasteiger partial charge in [-0.3, -0.25) is 0 Å². The van der Waals surface area contributed by atoms with Crippen molar-refractivity contribution < 1.29 is 14.3 Å². The first kappa shape index (κ1) is 12.9. The highest BCUT2D eigenvalue weighted by Crippen LogP contribution is 2.12. The van der Waals surface area contributed by atoms with Gasteiger partial charge >= 0.3 is 5.97 Å². The second kappa shape index (κ2) is 6.40. The minimum atomic E-state index is -0.382. The molecule has 0 aliphatic carbocycles. The molecule has 4 heteroatoms. The Kier molecular flexibility index (Phi) is 4.85. The van der Waals surface area contributed by atoms with Crippen LogP contribution in [0.25, 0.3) is 0 Å². The summed E-state index contributed by atoms with van der Waals surface area (Å²) in [5.41, 5.74) is 1.95. The lowest BCUT2D eigenvalue weighted by Crippen LogP contribution is -2.07. The lowest BCUT2D eigenvalue weighted by molar-refractivity contribution is -0.138. The molecule has 0 saturated heterocycles. The Morgan fingerprint density at radius 2 is 2.06 bits per heavy atom. The standard InChI is InChI=1S/C13H13NO3/c1-10(2)13(16)17-8-7-11-3-5-12(6-4-11)14-9-15/h3-6H,1,7-8H2,2H3. The molecule has 0 aliphatic rings. The van der Waals surface area contributed by atoms with Crippen molar-refractivity contribution in [3.05, 3.63) is 42.0 Å². The van der Waals surface area contributed by atoms with Gasteiger partial charge in [0.05, 0.1) is 12.3 Å². The number of isocyanates is 1. The molecule has 1 rings (SSSR count). The van der Waals surface area contributed by atoms with Crippen molar-refractivity contribution in [1.82, 2.24) is 0 Å². The van der Waals surface area contributed by atoms with E-state index in [0.717, 1.165) is 5.56 Å². The summed E-state index contributed by atoms with van der Waals surface area (Å²) in [4.78, 5) is 24.6. The van der Waals surface area contributed by atoms with Crippen LogP contribution in [-0.2, 0) is 20.7 Å². The maximum atomic E-state index is 11.1. The molecule has 4 nitrogen and oxygen atoms in total. The molecule has 0 unspecified atom stereocenters. The zero-order valence-corrected chi connectivity index (χ0v) is 9.60. The van der Waals surface area contributed by atoms with Crippen LogP contribution in [0.1, 0.15) is 12.5 Å². The topological polar surface area (TPSA) is 55.7 Å². The predicted molar refractivity (Wildman–Crippen MR) is 63.7 cm³/mol. The zero-order valence-electron chi connectivity index (χ0n) is 9.60. The zero-order chi connectivity index (χ0) is 12.7. The monoisotopic (exact) mass is 231 g/mol. The van der Waals surface area contributed by atoms with E-state index >= 15 is 0 Å². The fraction of sp³-hybridized carbons (Fsp3) is 0.231. The van der Waals surface area contributed by atoms with Crippen LogP contribution in [0, 0.1) is 0 Å². The van der Waals surface area contributed by atoms with Gasteiger partial charge in [0.25, 0.3) is 0 Å². The SMILES string of the molecule is C=C(C)C(=O)OCCc1ccc(N=C=O)cc1. The number of esters is 1. The van der Waals surface area contributed by atoms with Gasteiger partial charge in [0, 0.05) is 12.0 Å². The molecule has 0 heterocycles. The molecule has 0 radical (unpaired) electrons. The fourth-order valence-corrected chi connectivity index (χ4v) is 1.17. The number of hydrogen-bond donors (Lipinski definition) is 0. The molecule has 0 fully saturated rings. The Hall–Kier alpha value is -2.19. The Labute approximate surface area is 99.6 Å². The molecular weight excluding hydrogens is 218 g/mol. The summed E-state index contributed by atoms with van der Waals surface area (Å²) < 4.78 is 4.96. The molecule has 17 heavy (non-hydrogen) atoms. The van der Waals surface area contributed by atoms with Gasteiger partial charge < -0.3 is 4.74 Å². The Morgan fingerprint density at radius 1 is 1.41 bits per heavy atom. The number of nitrogens with zero attached hydrogens (tertiary/aromatic N) is 1. The molecule has 0 aliphatic heterocycles. The van der Waals surface area contributed by atoms with Crippen molar-refractivity contribution in [2.75, 3.05) is 6.61 Å². The molecule has 88 valence electrons. The highest BCUT2D eigenvalue weighted by Gasteiger charge is 2.02. The van der Waals surface area contributed by atoms with E-state index in [2.05, 4.69) is 11.6 Å². The Balaban J connectivity index is 2.45. The van der Waals surface area contributed by atoms with E-state index < -0.39 is 0 Å². The third-order valence-corrected chi connectivity index (χ3v) is 2.08. The third kappa shape index (κ3) is 4.45. The molecule has 0 spiro atoms. The molecule has 0 bridgehead atoms. The lowest BCUT2D eigenvalue weighted by atomic mass is 10.1. The Bertz CT molecular complexity index is 456. The highest BCUT2D eigenvalue weighted by atomic mass is 16.5. The van der Waals surface area contributed by atoms with Gasteiger partial charge in [-0.25, -0.2) is 9.59 Å². The number of carbonyl (C=O) groups excluding carboxylic acids is 2. The van der Waals surface area contributed by atoms with E-state index in [1.54, 1.807) is 19.1 Å². The summed E-state index contributed by atoms with van der Waals surface area (Å²) in [6.07, 6.45) is 2.09. The molecule has 0 saturated carbocycles. The summed E-state index contributed by atoms with van der Waals surface area (Å²) in [5.74, 6) is -0.382. The largest absolute Gasteiger partial charge is 0.462 e. The van der Waals surface area contributed by atoms with Crippen molar-refractivity contribution in [2.45, 2.75) is 13.3 Å². The van der Waals surface area contributed by atoms with Gasteiger partial charge in [-0.15, -0.1) is 0 Å². The van der Waals surface area contributed by atoms with Crippen LogP contribution < -0.4 is 0 Å². The first-order valence-corrected chi connectivity index (χ1v) is 5.13. The van der Waals surface area contributed by atoms with Gasteiger partial charge in [-0.2, -0.15) is 4.99 Å². The normalized spacial score (nSPS) is 9.24. The highest BCUT2D eigenvalue weighted by molar-refractivity contribution is 5.86. The van der Waals surface area contributed by atoms with Crippen LogP contribution in [0.3, 0.4) is 0 Å². The van der Waals surface area contributed by atoms with Gasteiger partial charge in [0.15, 0.2) is 0 Å². The number of hydrogen-bond acceptors (Lipinski definition) is 4. The second-order valence-electron chi connectivity index (χ2n) is 3.54. The van der Waals surface area contributed by atoms with E-state index in [1.165, 1.54) is 6.08 Å². The van der Waals surface area contributed by atoms with Crippen LogP contribution in [0.2, 0.25) is 0 Å². The number of carbonyl (C=O) groups is 1. The molecule has 0 amide bonds. The first-order chi connectivity index (χ1) is 8.13. The second-order valence-corrected chi connectivity index (χ2v) is 3.54. The molecule has 0 N–H and O–H groups in total. The van der Waals surface area contributed by atoms with E-state index in [4.69, 9.17) is 4.74 Å². The maximum Gasteiger partial charge on any atom is 0.333 e.